The number of carbonyl (C=O) groups is 3. The molecule has 7 nitrogen and oxygen atoms in total. The summed E-state index contributed by atoms with van der Waals surface area (Å²) in [5.41, 5.74) is 1.74. The Bertz CT molecular complexity index is 979. The van der Waals surface area contributed by atoms with Crippen LogP contribution in [0.3, 0.4) is 0 Å². The summed E-state index contributed by atoms with van der Waals surface area (Å²) in [5.74, 6) is -3.97. The second kappa shape index (κ2) is 6.93. The van der Waals surface area contributed by atoms with E-state index in [9.17, 15) is 24.6 Å². The number of nitrogens with zero attached hydrogens (tertiary/aromatic N) is 2. The molecule has 134 valence electrons. The van der Waals surface area contributed by atoms with Crippen LogP contribution in [0, 0.1) is 0 Å². The van der Waals surface area contributed by atoms with Gasteiger partial charge in [0.15, 0.2) is 0 Å². The van der Waals surface area contributed by atoms with Crippen molar-refractivity contribution in [1.29, 1.82) is 0 Å². The molecule has 1 fully saturated rings. The number of carboxylic acid groups (broad SMARTS) is 2. The number of thiocarbonyl (C=S) groups is 1. The van der Waals surface area contributed by atoms with E-state index in [0.717, 1.165) is 33.1 Å². The van der Waals surface area contributed by atoms with Crippen LogP contribution >= 0.6 is 24.0 Å². The largest absolute Gasteiger partial charge is 0.550 e. The number of benzene rings is 1. The molecule has 1 amide bonds. The first kappa shape index (κ1) is 18.2. The van der Waals surface area contributed by atoms with Gasteiger partial charge >= 0.3 is 0 Å². The highest BCUT2D eigenvalue weighted by Crippen LogP contribution is 2.35. The van der Waals surface area contributed by atoms with Gasteiger partial charge in [0.2, 0.25) is 0 Å². The highest BCUT2D eigenvalue weighted by atomic mass is 32.2. The van der Waals surface area contributed by atoms with E-state index in [1.165, 1.54) is 0 Å². The molecule has 0 bridgehead atoms. The molecule has 1 aliphatic rings. The van der Waals surface area contributed by atoms with Crippen LogP contribution in [0.5, 0.6) is 0 Å². The fourth-order valence-corrected chi connectivity index (χ4v) is 4.16. The smallest absolute Gasteiger partial charge is 0.266 e. The van der Waals surface area contributed by atoms with Crippen molar-refractivity contribution in [2.75, 3.05) is 0 Å². The third-order valence-corrected chi connectivity index (χ3v) is 5.31. The standard InChI is InChI=1S/C17H14N2O5S2/c1-18-8-9(10-4-2-3-5-11(10)18)6-13-15(22)19(17(25)26-13)12(16(23)24)7-14(20)21/h2-6,8,12H,7H2,1H3,(H,20,21)(H,23,24)/p-2/b13-6-/t12-/m0/s1. The number of hydrogen-bond acceptors (Lipinski definition) is 7. The molecular formula is C17H12N2O5S2-2. The van der Waals surface area contributed by atoms with Crippen LogP contribution in [0.4, 0.5) is 0 Å². The fraction of sp³-hybridized carbons (Fsp3) is 0.176. The Labute approximate surface area is 157 Å². The number of amides is 1. The van der Waals surface area contributed by atoms with Crippen molar-refractivity contribution in [2.24, 2.45) is 7.05 Å². The van der Waals surface area contributed by atoms with Gasteiger partial charge in [-0.25, -0.2) is 0 Å². The molecule has 9 heteroatoms. The van der Waals surface area contributed by atoms with Crippen molar-refractivity contribution in [3.05, 3.63) is 40.9 Å². The number of fused-ring (bicyclic) bond motifs is 1. The van der Waals surface area contributed by atoms with Crippen molar-refractivity contribution < 1.29 is 24.6 Å². The van der Waals surface area contributed by atoms with E-state index in [2.05, 4.69) is 0 Å². The predicted molar refractivity (Wildman–Crippen MR) is 96.4 cm³/mol. The third-order valence-electron chi connectivity index (χ3n) is 3.98. The molecule has 0 spiro atoms. The highest BCUT2D eigenvalue weighted by molar-refractivity contribution is 8.26. The van der Waals surface area contributed by atoms with Crippen molar-refractivity contribution in [3.63, 3.8) is 0 Å². The Balaban J connectivity index is 1.99. The van der Waals surface area contributed by atoms with Gasteiger partial charge in [0.05, 0.1) is 16.9 Å². The number of aliphatic carboxylic acids is 2. The molecule has 3 rings (SSSR count). The second-order valence-electron chi connectivity index (χ2n) is 5.68. The quantitative estimate of drug-likeness (QED) is 0.509. The summed E-state index contributed by atoms with van der Waals surface area (Å²) in [6.45, 7) is 0. The van der Waals surface area contributed by atoms with Crippen LogP contribution in [0.2, 0.25) is 0 Å². The molecule has 0 unspecified atom stereocenters. The molecule has 2 aromatic rings. The SMILES string of the molecule is Cn1cc(/C=C2\SC(=S)N([C@@H](CC(=O)[O-])C(=O)[O-])C2=O)c2ccccc21. The topological polar surface area (TPSA) is 106 Å². The van der Waals surface area contributed by atoms with Gasteiger partial charge in [0, 0.05) is 42.1 Å². The summed E-state index contributed by atoms with van der Waals surface area (Å²) in [5, 5.41) is 23.0. The molecule has 0 aliphatic carbocycles. The monoisotopic (exact) mass is 388 g/mol. The van der Waals surface area contributed by atoms with Gasteiger partial charge in [0.1, 0.15) is 4.32 Å². The zero-order chi connectivity index (χ0) is 19.0. The number of carboxylic acids is 2. The molecule has 1 aromatic carbocycles. The number of para-hydroxylation sites is 1. The van der Waals surface area contributed by atoms with Crippen LogP contribution in [-0.2, 0) is 21.4 Å². The molecule has 1 aliphatic heterocycles. The van der Waals surface area contributed by atoms with Crippen LogP contribution in [0.25, 0.3) is 17.0 Å². The number of thioether (sulfide) groups is 1. The van der Waals surface area contributed by atoms with E-state index in [1.807, 2.05) is 42.1 Å². The van der Waals surface area contributed by atoms with Gasteiger partial charge in [-0.2, -0.15) is 0 Å². The number of rotatable bonds is 5. The minimum atomic E-state index is -1.70. The van der Waals surface area contributed by atoms with Gasteiger partial charge in [-0.1, -0.05) is 42.2 Å². The summed E-state index contributed by atoms with van der Waals surface area (Å²) in [6.07, 6.45) is 2.57. The lowest BCUT2D eigenvalue weighted by Crippen LogP contribution is -2.52. The first-order chi connectivity index (χ1) is 12.3. The van der Waals surface area contributed by atoms with Crippen LogP contribution in [0.1, 0.15) is 12.0 Å². The first-order valence-corrected chi connectivity index (χ1v) is 8.74. The van der Waals surface area contributed by atoms with Gasteiger partial charge in [-0.15, -0.1) is 0 Å². The number of carbonyl (C=O) groups excluding carboxylic acids is 3. The van der Waals surface area contributed by atoms with Gasteiger partial charge in [-0.05, 0) is 12.1 Å². The van der Waals surface area contributed by atoms with E-state index >= 15 is 0 Å². The predicted octanol–water partition coefficient (Wildman–Crippen LogP) is -0.362. The van der Waals surface area contributed by atoms with Gasteiger partial charge in [-0.3, -0.25) is 9.69 Å². The zero-order valence-electron chi connectivity index (χ0n) is 13.5. The average Bonchev–Trinajstić information content (AvgIpc) is 3.03. The molecule has 0 radical (unpaired) electrons. The van der Waals surface area contributed by atoms with Crippen molar-refractivity contribution in [3.8, 4) is 0 Å². The normalized spacial score (nSPS) is 17.3. The third kappa shape index (κ3) is 3.23. The molecule has 1 saturated heterocycles. The Kier molecular flexibility index (Phi) is 4.84. The lowest BCUT2D eigenvalue weighted by atomic mass is 10.1. The van der Waals surface area contributed by atoms with Gasteiger partial charge in [0.25, 0.3) is 5.91 Å². The van der Waals surface area contributed by atoms with E-state index in [-0.39, 0.29) is 9.23 Å². The highest BCUT2D eigenvalue weighted by Gasteiger charge is 2.37. The number of aryl methyl sites for hydroxylation is 1. The maximum absolute atomic E-state index is 12.6. The molecular weight excluding hydrogens is 376 g/mol. The molecule has 2 heterocycles. The van der Waals surface area contributed by atoms with Crippen molar-refractivity contribution in [2.45, 2.75) is 12.5 Å². The Hall–Kier alpha value is -2.65. The molecule has 1 aromatic heterocycles. The molecule has 1 atom stereocenters. The number of hydrogen-bond donors (Lipinski definition) is 0. The fourth-order valence-electron chi connectivity index (χ4n) is 2.82. The summed E-state index contributed by atoms with van der Waals surface area (Å²) in [6, 6.07) is 5.91. The first-order valence-electron chi connectivity index (χ1n) is 7.51. The summed E-state index contributed by atoms with van der Waals surface area (Å²) in [7, 11) is 1.87. The Morgan fingerprint density at radius 2 is 2.00 bits per heavy atom. The van der Waals surface area contributed by atoms with Crippen LogP contribution in [-0.4, -0.2) is 37.7 Å². The molecule has 0 saturated carbocycles. The molecule has 0 N–H and O–H groups in total. The minimum Gasteiger partial charge on any atom is -0.550 e. The Morgan fingerprint density at radius 1 is 1.31 bits per heavy atom. The van der Waals surface area contributed by atoms with E-state index in [1.54, 1.807) is 6.08 Å². The number of aromatic nitrogens is 1. The maximum atomic E-state index is 12.6. The lowest BCUT2D eigenvalue weighted by Gasteiger charge is -2.27. The van der Waals surface area contributed by atoms with E-state index < -0.39 is 30.3 Å². The summed E-state index contributed by atoms with van der Waals surface area (Å²) in [4.78, 5) is 35.7. The van der Waals surface area contributed by atoms with Crippen molar-refractivity contribution >= 4 is 63.1 Å². The Morgan fingerprint density at radius 3 is 2.65 bits per heavy atom. The summed E-state index contributed by atoms with van der Waals surface area (Å²) < 4.78 is 1.87. The van der Waals surface area contributed by atoms with E-state index in [0.29, 0.717) is 0 Å². The van der Waals surface area contributed by atoms with Crippen LogP contribution < -0.4 is 10.2 Å². The van der Waals surface area contributed by atoms with E-state index in [4.69, 9.17) is 12.2 Å². The maximum Gasteiger partial charge on any atom is 0.266 e. The average molecular weight is 388 g/mol. The second-order valence-corrected chi connectivity index (χ2v) is 7.35. The van der Waals surface area contributed by atoms with Crippen LogP contribution in [0.15, 0.2) is 35.4 Å². The zero-order valence-corrected chi connectivity index (χ0v) is 15.1. The molecule has 26 heavy (non-hydrogen) atoms. The minimum absolute atomic E-state index is 0.0306. The lowest BCUT2D eigenvalue weighted by molar-refractivity contribution is -0.319. The van der Waals surface area contributed by atoms with Gasteiger partial charge < -0.3 is 24.4 Å². The van der Waals surface area contributed by atoms with Crippen molar-refractivity contribution in [1.82, 2.24) is 9.47 Å². The summed E-state index contributed by atoms with van der Waals surface area (Å²) >= 11 is 6.00.